The van der Waals surface area contributed by atoms with Gasteiger partial charge in [0.05, 0.1) is 16.0 Å². The van der Waals surface area contributed by atoms with Crippen LogP contribution in [0.5, 0.6) is 0 Å². The van der Waals surface area contributed by atoms with Crippen molar-refractivity contribution in [1.29, 1.82) is 0 Å². The Bertz CT molecular complexity index is 945. The first-order chi connectivity index (χ1) is 9.86. The predicted molar refractivity (Wildman–Crippen MR) is 79.3 cm³/mol. The van der Waals surface area contributed by atoms with E-state index in [9.17, 15) is 12.8 Å². The van der Waals surface area contributed by atoms with Gasteiger partial charge in [0, 0.05) is 6.26 Å². The lowest BCUT2D eigenvalue weighted by atomic mass is 10.1. The number of nitrogens with one attached hydrogen (secondary N) is 1. The van der Waals surface area contributed by atoms with Crippen LogP contribution in [0.25, 0.3) is 22.4 Å². The van der Waals surface area contributed by atoms with Crippen molar-refractivity contribution < 1.29 is 12.8 Å². The highest BCUT2D eigenvalue weighted by atomic mass is 32.2. The fraction of sp³-hybridized carbons (Fsp3) is 0.133. The van der Waals surface area contributed by atoms with E-state index in [2.05, 4.69) is 9.97 Å². The average Bonchev–Trinajstić information content (AvgIpc) is 2.83. The minimum atomic E-state index is -3.39. The Morgan fingerprint density at radius 2 is 1.95 bits per heavy atom. The number of fused-ring (bicyclic) bond motifs is 1. The number of aryl methyl sites for hydroxylation is 1. The van der Waals surface area contributed by atoms with E-state index in [1.807, 2.05) is 6.92 Å². The number of halogens is 1. The molecule has 0 bridgehead atoms. The molecule has 0 aliphatic carbocycles. The summed E-state index contributed by atoms with van der Waals surface area (Å²) in [5.74, 6) is -0.0807. The molecule has 0 aliphatic heterocycles. The summed E-state index contributed by atoms with van der Waals surface area (Å²) in [4.78, 5) is 7.39. The predicted octanol–water partition coefficient (Wildman–Crippen LogP) is 3.08. The zero-order chi connectivity index (χ0) is 15.2. The van der Waals surface area contributed by atoms with E-state index in [-0.39, 0.29) is 4.90 Å². The Morgan fingerprint density at radius 1 is 1.19 bits per heavy atom. The molecule has 0 radical (unpaired) electrons. The van der Waals surface area contributed by atoms with Crippen LogP contribution >= 0.6 is 0 Å². The van der Waals surface area contributed by atoms with Gasteiger partial charge >= 0.3 is 0 Å². The van der Waals surface area contributed by atoms with Crippen molar-refractivity contribution in [3.05, 3.63) is 47.8 Å². The largest absolute Gasteiger partial charge is 0.338 e. The van der Waals surface area contributed by atoms with E-state index in [0.717, 1.165) is 11.8 Å². The highest BCUT2D eigenvalue weighted by Crippen LogP contribution is 2.27. The van der Waals surface area contributed by atoms with E-state index >= 15 is 0 Å². The SMILES string of the molecule is Cc1ccc(F)c(-c2nc3c(S(C)(=O)=O)cccc3[nH]2)c1. The second-order valence-electron chi connectivity index (χ2n) is 4.99. The lowest BCUT2D eigenvalue weighted by molar-refractivity contribution is 0.602. The summed E-state index contributed by atoms with van der Waals surface area (Å²) in [6.07, 6.45) is 1.13. The maximum Gasteiger partial charge on any atom is 0.177 e. The smallest absolute Gasteiger partial charge is 0.177 e. The Kier molecular flexibility index (Phi) is 3.06. The lowest BCUT2D eigenvalue weighted by Crippen LogP contribution is -1.97. The van der Waals surface area contributed by atoms with E-state index in [1.54, 1.807) is 24.3 Å². The fourth-order valence-electron chi connectivity index (χ4n) is 2.25. The molecule has 0 amide bonds. The van der Waals surface area contributed by atoms with E-state index in [0.29, 0.717) is 22.4 Å². The van der Waals surface area contributed by atoms with Crippen LogP contribution < -0.4 is 0 Å². The summed E-state index contributed by atoms with van der Waals surface area (Å²) in [5.41, 5.74) is 2.12. The third kappa shape index (κ3) is 2.42. The molecule has 2 aromatic carbocycles. The van der Waals surface area contributed by atoms with Crippen molar-refractivity contribution in [2.24, 2.45) is 0 Å². The van der Waals surface area contributed by atoms with Crippen LogP contribution in [-0.4, -0.2) is 24.6 Å². The molecule has 0 unspecified atom stereocenters. The van der Waals surface area contributed by atoms with Gasteiger partial charge in [-0.3, -0.25) is 0 Å². The van der Waals surface area contributed by atoms with Crippen LogP contribution in [-0.2, 0) is 9.84 Å². The number of hydrogen-bond donors (Lipinski definition) is 1. The average molecular weight is 304 g/mol. The van der Waals surface area contributed by atoms with Crippen LogP contribution in [0.15, 0.2) is 41.3 Å². The van der Waals surface area contributed by atoms with Crippen LogP contribution in [0, 0.1) is 12.7 Å². The highest BCUT2D eigenvalue weighted by Gasteiger charge is 2.17. The Balaban J connectivity index is 2.30. The van der Waals surface area contributed by atoms with Gasteiger partial charge in [-0.15, -0.1) is 0 Å². The summed E-state index contributed by atoms with van der Waals surface area (Å²) in [7, 11) is -3.39. The second-order valence-corrected chi connectivity index (χ2v) is 6.98. The minimum absolute atomic E-state index is 0.135. The molecule has 0 saturated heterocycles. The van der Waals surface area contributed by atoms with Gasteiger partial charge in [-0.25, -0.2) is 17.8 Å². The number of nitrogens with zero attached hydrogens (tertiary/aromatic N) is 1. The van der Waals surface area contributed by atoms with Crippen molar-refractivity contribution >= 4 is 20.9 Å². The first-order valence-electron chi connectivity index (χ1n) is 6.31. The zero-order valence-corrected chi connectivity index (χ0v) is 12.3. The van der Waals surface area contributed by atoms with Gasteiger partial charge in [-0.1, -0.05) is 17.7 Å². The zero-order valence-electron chi connectivity index (χ0n) is 11.5. The van der Waals surface area contributed by atoms with Gasteiger partial charge < -0.3 is 4.98 Å². The summed E-state index contributed by atoms with van der Waals surface area (Å²) in [5, 5.41) is 0. The van der Waals surface area contributed by atoms with E-state index < -0.39 is 15.7 Å². The minimum Gasteiger partial charge on any atom is -0.338 e. The second kappa shape index (κ2) is 4.66. The number of para-hydroxylation sites is 1. The number of aromatic nitrogens is 2. The van der Waals surface area contributed by atoms with Crippen LogP contribution in [0.4, 0.5) is 4.39 Å². The number of aromatic amines is 1. The van der Waals surface area contributed by atoms with E-state index in [4.69, 9.17) is 0 Å². The molecular formula is C15H13FN2O2S. The molecule has 21 heavy (non-hydrogen) atoms. The highest BCUT2D eigenvalue weighted by molar-refractivity contribution is 7.91. The molecule has 0 aliphatic rings. The normalized spacial score (nSPS) is 12.0. The fourth-order valence-corrected chi connectivity index (χ4v) is 3.09. The molecule has 1 heterocycles. The molecule has 0 fully saturated rings. The van der Waals surface area contributed by atoms with E-state index in [1.165, 1.54) is 12.1 Å². The Labute approximate surface area is 121 Å². The topological polar surface area (TPSA) is 62.8 Å². The van der Waals surface area contributed by atoms with Crippen molar-refractivity contribution in [2.75, 3.05) is 6.26 Å². The van der Waals surface area contributed by atoms with Crippen LogP contribution in [0.3, 0.4) is 0 Å². The molecule has 1 aromatic heterocycles. The molecular weight excluding hydrogens is 291 g/mol. The van der Waals surface area contributed by atoms with Gasteiger partial charge in [0.15, 0.2) is 9.84 Å². The number of rotatable bonds is 2. The van der Waals surface area contributed by atoms with Crippen molar-refractivity contribution in [2.45, 2.75) is 11.8 Å². The standard InChI is InChI=1S/C15H13FN2O2S/c1-9-6-7-11(16)10(8-9)15-17-12-4-3-5-13(14(12)18-15)21(2,19)20/h3-8H,1-2H3,(H,17,18). The number of benzene rings is 2. The van der Waals surface area contributed by atoms with Gasteiger partial charge in [-0.05, 0) is 31.2 Å². The molecule has 1 N–H and O–H groups in total. The first kappa shape index (κ1) is 13.8. The third-order valence-electron chi connectivity index (χ3n) is 3.25. The molecule has 3 rings (SSSR count). The monoisotopic (exact) mass is 304 g/mol. The maximum absolute atomic E-state index is 13.9. The molecule has 0 saturated carbocycles. The number of H-pyrrole nitrogens is 1. The molecule has 4 nitrogen and oxygen atoms in total. The Morgan fingerprint density at radius 3 is 2.67 bits per heavy atom. The summed E-state index contributed by atoms with van der Waals surface area (Å²) in [6.45, 7) is 1.85. The van der Waals surface area contributed by atoms with Crippen molar-refractivity contribution in [3.63, 3.8) is 0 Å². The molecule has 3 aromatic rings. The third-order valence-corrected chi connectivity index (χ3v) is 4.38. The quantitative estimate of drug-likeness (QED) is 0.791. The van der Waals surface area contributed by atoms with Gasteiger partial charge in [-0.2, -0.15) is 0 Å². The molecule has 0 atom stereocenters. The summed E-state index contributed by atoms with van der Waals surface area (Å²) in [6, 6.07) is 9.56. The maximum atomic E-state index is 13.9. The molecule has 108 valence electrons. The first-order valence-corrected chi connectivity index (χ1v) is 8.21. The van der Waals surface area contributed by atoms with Crippen LogP contribution in [0.2, 0.25) is 0 Å². The lowest BCUT2D eigenvalue weighted by Gasteiger charge is -2.00. The summed E-state index contributed by atoms with van der Waals surface area (Å²) >= 11 is 0. The van der Waals surface area contributed by atoms with Crippen molar-refractivity contribution in [3.8, 4) is 11.4 Å². The van der Waals surface area contributed by atoms with Gasteiger partial charge in [0.1, 0.15) is 17.2 Å². The van der Waals surface area contributed by atoms with Crippen molar-refractivity contribution in [1.82, 2.24) is 9.97 Å². The molecule has 0 spiro atoms. The van der Waals surface area contributed by atoms with Gasteiger partial charge in [0.25, 0.3) is 0 Å². The Hall–Kier alpha value is -2.21. The summed E-state index contributed by atoms with van der Waals surface area (Å²) < 4.78 is 37.5. The van der Waals surface area contributed by atoms with Gasteiger partial charge in [0.2, 0.25) is 0 Å². The number of hydrogen-bond acceptors (Lipinski definition) is 3. The van der Waals surface area contributed by atoms with Crippen LogP contribution in [0.1, 0.15) is 5.56 Å². The molecule has 6 heteroatoms. The number of imidazole rings is 1. The number of sulfone groups is 1.